The van der Waals surface area contributed by atoms with Gasteiger partial charge in [0.05, 0.1) is 23.0 Å². The molecule has 3 N–H and O–H groups in total. The van der Waals surface area contributed by atoms with Crippen LogP contribution >= 0.6 is 11.3 Å². The van der Waals surface area contributed by atoms with Crippen LogP contribution in [-0.4, -0.2) is 27.0 Å². The molecule has 1 aliphatic carbocycles. The molecule has 1 aliphatic rings. The summed E-state index contributed by atoms with van der Waals surface area (Å²) >= 11 is 1.60. The van der Waals surface area contributed by atoms with Gasteiger partial charge in [-0.2, -0.15) is 0 Å². The number of carboxylic acids is 1. The predicted octanol–water partition coefficient (Wildman–Crippen LogP) is 4.76. The van der Waals surface area contributed by atoms with Gasteiger partial charge in [0, 0.05) is 17.0 Å². The third kappa shape index (κ3) is 5.50. The summed E-state index contributed by atoms with van der Waals surface area (Å²) in [7, 11) is 0. The van der Waals surface area contributed by atoms with Gasteiger partial charge in [0.25, 0.3) is 0 Å². The number of carboxylic acid groups (broad SMARTS) is 1. The van der Waals surface area contributed by atoms with E-state index in [0.29, 0.717) is 32.2 Å². The molecule has 0 aliphatic heterocycles. The second kappa shape index (κ2) is 9.91. The van der Waals surface area contributed by atoms with Gasteiger partial charge in [0.1, 0.15) is 11.6 Å². The van der Waals surface area contributed by atoms with Crippen LogP contribution in [-0.2, 0) is 16.1 Å². The SMILES string of the molecule is Cc1ccnc(Nc2cccc(-c3ccc(CNC(=O)[C@H]4CC[C@H](C(=O)O)CC4)s3)n2)c1. The van der Waals surface area contributed by atoms with Crippen LogP contribution in [0.2, 0.25) is 0 Å². The molecule has 0 atom stereocenters. The van der Waals surface area contributed by atoms with Crippen molar-refractivity contribution in [3.05, 3.63) is 59.1 Å². The molecule has 166 valence electrons. The van der Waals surface area contributed by atoms with Gasteiger partial charge >= 0.3 is 5.97 Å². The Kier molecular flexibility index (Phi) is 6.80. The molecule has 1 fully saturated rings. The van der Waals surface area contributed by atoms with Gasteiger partial charge < -0.3 is 15.7 Å². The van der Waals surface area contributed by atoms with E-state index in [1.807, 2.05) is 49.4 Å². The number of anilines is 2. The van der Waals surface area contributed by atoms with Crippen LogP contribution in [0.1, 0.15) is 36.1 Å². The number of carbonyl (C=O) groups excluding carboxylic acids is 1. The fourth-order valence-corrected chi connectivity index (χ4v) is 4.83. The lowest BCUT2D eigenvalue weighted by atomic mass is 9.81. The highest BCUT2D eigenvalue weighted by molar-refractivity contribution is 7.15. The van der Waals surface area contributed by atoms with Crippen molar-refractivity contribution in [3.63, 3.8) is 0 Å². The number of carbonyl (C=O) groups is 2. The molecule has 4 rings (SSSR count). The number of nitrogens with one attached hydrogen (secondary N) is 2. The first kappa shape index (κ1) is 22.0. The lowest BCUT2D eigenvalue weighted by Gasteiger charge is -2.25. The highest BCUT2D eigenvalue weighted by Gasteiger charge is 2.29. The molecule has 3 aromatic rings. The summed E-state index contributed by atoms with van der Waals surface area (Å²) in [6.45, 7) is 2.48. The van der Waals surface area contributed by atoms with Crippen LogP contribution in [0, 0.1) is 18.8 Å². The summed E-state index contributed by atoms with van der Waals surface area (Å²) in [5, 5.41) is 15.3. The van der Waals surface area contributed by atoms with Crippen molar-refractivity contribution >= 4 is 34.8 Å². The molecule has 7 nitrogen and oxygen atoms in total. The average molecular weight is 451 g/mol. The Morgan fingerprint density at radius 2 is 1.84 bits per heavy atom. The molecule has 0 spiro atoms. The number of aryl methyl sites for hydroxylation is 1. The monoisotopic (exact) mass is 450 g/mol. The number of aliphatic carboxylic acids is 1. The third-order valence-electron chi connectivity index (χ3n) is 5.72. The highest BCUT2D eigenvalue weighted by Crippen LogP contribution is 2.30. The van der Waals surface area contributed by atoms with E-state index in [1.165, 1.54) is 0 Å². The van der Waals surface area contributed by atoms with Gasteiger partial charge in [-0.25, -0.2) is 9.97 Å². The molecule has 32 heavy (non-hydrogen) atoms. The number of thiophene rings is 1. The predicted molar refractivity (Wildman–Crippen MR) is 125 cm³/mol. The topological polar surface area (TPSA) is 104 Å². The maximum atomic E-state index is 12.5. The van der Waals surface area contributed by atoms with E-state index in [2.05, 4.69) is 15.6 Å². The molecule has 1 saturated carbocycles. The van der Waals surface area contributed by atoms with Gasteiger partial charge in [-0.15, -0.1) is 11.3 Å². The molecule has 0 aromatic carbocycles. The lowest BCUT2D eigenvalue weighted by molar-refractivity contribution is -0.144. The summed E-state index contributed by atoms with van der Waals surface area (Å²) < 4.78 is 0. The summed E-state index contributed by atoms with van der Waals surface area (Å²) in [5.41, 5.74) is 1.98. The molecule has 0 unspecified atom stereocenters. The van der Waals surface area contributed by atoms with E-state index >= 15 is 0 Å². The Balaban J connectivity index is 1.34. The summed E-state index contributed by atoms with van der Waals surface area (Å²) in [6, 6.07) is 13.8. The number of aromatic nitrogens is 2. The van der Waals surface area contributed by atoms with Crippen molar-refractivity contribution in [1.82, 2.24) is 15.3 Å². The number of rotatable bonds is 7. The van der Waals surface area contributed by atoms with Gasteiger partial charge in [-0.05, 0) is 74.6 Å². The Morgan fingerprint density at radius 3 is 2.59 bits per heavy atom. The normalized spacial score (nSPS) is 18.2. The van der Waals surface area contributed by atoms with E-state index in [1.54, 1.807) is 17.5 Å². The molecule has 0 saturated heterocycles. The van der Waals surface area contributed by atoms with Crippen LogP contribution in [0.15, 0.2) is 48.7 Å². The maximum absolute atomic E-state index is 12.5. The van der Waals surface area contributed by atoms with Crippen LogP contribution in [0.5, 0.6) is 0 Å². The third-order valence-corrected chi connectivity index (χ3v) is 6.83. The number of pyridine rings is 2. The van der Waals surface area contributed by atoms with E-state index in [-0.39, 0.29) is 17.7 Å². The Hall–Kier alpha value is -3.26. The first-order valence-electron chi connectivity index (χ1n) is 10.7. The van der Waals surface area contributed by atoms with E-state index < -0.39 is 5.97 Å². The zero-order chi connectivity index (χ0) is 22.5. The second-order valence-electron chi connectivity index (χ2n) is 8.12. The summed E-state index contributed by atoms with van der Waals surface area (Å²) in [5.74, 6) is 0.335. The van der Waals surface area contributed by atoms with Crippen molar-refractivity contribution in [1.29, 1.82) is 0 Å². The number of amides is 1. The largest absolute Gasteiger partial charge is 0.481 e. The Labute approximate surface area is 190 Å². The van der Waals surface area contributed by atoms with Gasteiger partial charge in [0.15, 0.2) is 0 Å². The van der Waals surface area contributed by atoms with Crippen LogP contribution in [0.3, 0.4) is 0 Å². The molecule has 0 bridgehead atoms. The molecule has 1 amide bonds. The number of hydrogen-bond acceptors (Lipinski definition) is 6. The fourth-order valence-electron chi connectivity index (χ4n) is 3.91. The summed E-state index contributed by atoms with van der Waals surface area (Å²) in [6.07, 6.45) is 4.19. The quantitative estimate of drug-likeness (QED) is 0.479. The smallest absolute Gasteiger partial charge is 0.306 e. The zero-order valence-corrected chi connectivity index (χ0v) is 18.7. The molecule has 0 radical (unpaired) electrons. The van der Waals surface area contributed by atoms with Crippen molar-refractivity contribution in [2.45, 2.75) is 39.2 Å². The first-order chi connectivity index (χ1) is 15.5. The van der Waals surface area contributed by atoms with Crippen molar-refractivity contribution < 1.29 is 14.7 Å². The minimum atomic E-state index is -0.752. The van der Waals surface area contributed by atoms with Crippen molar-refractivity contribution in [2.24, 2.45) is 11.8 Å². The standard InChI is InChI=1S/C24H26N4O3S/c1-15-11-12-25-22(13-15)28-21-4-2-3-19(27-21)20-10-9-18(32-20)14-26-23(29)16-5-7-17(8-6-16)24(30)31/h2-4,9-13,16-17H,5-8,14H2,1H3,(H,26,29)(H,30,31)(H,25,27,28)/t16-,17-. The van der Waals surface area contributed by atoms with E-state index in [9.17, 15) is 9.59 Å². The molecular weight excluding hydrogens is 424 g/mol. The fraction of sp³-hybridized carbons (Fsp3) is 0.333. The van der Waals surface area contributed by atoms with E-state index in [0.717, 1.165) is 32.6 Å². The van der Waals surface area contributed by atoms with Crippen molar-refractivity contribution in [2.75, 3.05) is 5.32 Å². The van der Waals surface area contributed by atoms with E-state index in [4.69, 9.17) is 10.1 Å². The minimum absolute atomic E-state index is 0.0127. The summed E-state index contributed by atoms with van der Waals surface area (Å²) in [4.78, 5) is 34.6. The molecule has 8 heteroatoms. The maximum Gasteiger partial charge on any atom is 0.306 e. The second-order valence-corrected chi connectivity index (χ2v) is 9.29. The highest BCUT2D eigenvalue weighted by atomic mass is 32.1. The van der Waals surface area contributed by atoms with Crippen LogP contribution < -0.4 is 10.6 Å². The number of nitrogens with zero attached hydrogens (tertiary/aromatic N) is 2. The van der Waals surface area contributed by atoms with Crippen LogP contribution in [0.4, 0.5) is 11.6 Å². The van der Waals surface area contributed by atoms with Crippen LogP contribution in [0.25, 0.3) is 10.6 Å². The zero-order valence-electron chi connectivity index (χ0n) is 17.9. The molecule has 3 aromatic heterocycles. The molecule has 3 heterocycles. The minimum Gasteiger partial charge on any atom is -0.481 e. The van der Waals surface area contributed by atoms with Gasteiger partial charge in [0.2, 0.25) is 5.91 Å². The first-order valence-corrected chi connectivity index (χ1v) is 11.6. The molecular formula is C24H26N4O3S. The van der Waals surface area contributed by atoms with Gasteiger partial charge in [-0.1, -0.05) is 6.07 Å². The Morgan fingerprint density at radius 1 is 1.06 bits per heavy atom. The lowest BCUT2D eigenvalue weighted by Crippen LogP contribution is -2.33. The van der Waals surface area contributed by atoms with Crippen molar-refractivity contribution in [3.8, 4) is 10.6 Å². The Bertz CT molecular complexity index is 1110. The average Bonchev–Trinajstić information content (AvgIpc) is 3.27. The number of hydrogen-bond donors (Lipinski definition) is 3. The van der Waals surface area contributed by atoms with Gasteiger partial charge in [-0.3, -0.25) is 9.59 Å².